The monoisotopic (exact) mass is 430 g/mol. The standard InChI is InChI=1S/C22H17F3N2O4/c23-22(24,25)21(31)17(19(29)13-7-2-1-3-8-13)18(26-20(30)27-21)16-14-9-5-4-6-12(14)10-11-15(16)28/h1-11,17-18,28,31H,(H2,26,27,30)/t17-,18-,21-/m1/s1. The lowest BCUT2D eigenvalue weighted by Crippen LogP contribution is -2.72. The van der Waals surface area contributed by atoms with Crippen molar-refractivity contribution in [1.29, 1.82) is 0 Å². The number of halogens is 3. The molecule has 2 amide bonds. The second-order valence-corrected chi connectivity index (χ2v) is 7.27. The highest BCUT2D eigenvalue weighted by Crippen LogP contribution is 2.47. The summed E-state index contributed by atoms with van der Waals surface area (Å²) < 4.78 is 42.1. The van der Waals surface area contributed by atoms with Crippen molar-refractivity contribution in [2.45, 2.75) is 17.9 Å². The van der Waals surface area contributed by atoms with Crippen LogP contribution in [-0.2, 0) is 0 Å². The molecule has 4 N–H and O–H groups in total. The van der Waals surface area contributed by atoms with Crippen LogP contribution in [0.1, 0.15) is 22.0 Å². The van der Waals surface area contributed by atoms with Crippen molar-refractivity contribution in [1.82, 2.24) is 10.6 Å². The summed E-state index contributed by atoms with van der Waals surface area (Å²) in [5, 5.41) is 25.9. The van der Waals surface area contributed by atoms with E-state index in [0.717, 1.165) is 0 Å². The van der Waals surface area contributed by atoms with Gasteiger partial charge in [0.15, 0.2) is 5.78 Å². The molecule has 0 aromatic heterocycles. The number of phenolic OH excluding ortho intramolecular Hbond substituents is 1. The van der Waals surface area contributed by atoms with Gasteiger partial charge in [0.1, 0.15) is 11.7 Å². The van der Waals surface area contributed by atoms with Crippen molar-refractivity contribution in [3.63, 3.8) is 0 Å². The molecule has 1 saturated heterocycles. The number of alkyl halides is 3. The van der Waals surface area contributed by atoms with Crippen LogP contribution in [0.3, 0.4) is 0 Å². The Labute approximate surface area is 174 Å². The van der Waals surface area contributed by atoms with Gasteiger partial charge in [-0.1, -0.05) is 60.7 Å². The quantitative estimate of drug-likeness (QED) is 0.477. The lowest BCUT2D eigenvalue weighted by molar-refractivity contribution is -0.287. The van der Waals surface area contributed by atoms with Crippen molar-refractivity contribution >= 4 is 22.6 Å². The minimum Gasteiger partial charge on any atom is -0.508 e. The molecule has 9 heteroatoms. The van der Waals surface area contributed by atoms with Gasteiger partial charge in [0.05, 0.1) is 6.04 Å². The maximum absolute atomic E-state index is 14.0. The third kappa shape index (κ3) is 3.36. The molecule has 31 heavy (non-hydrogen) atoms. The molecule has 0 saturated carbocycles. The fourth-order valence-corrected chi connectivity index (χ4v) is 3.97. The summed E-state index contributed by atoms with van der Waals surface area (Å²) in [5.41, 5.74) is -4.04. The molecule has 6 nitrogen and oxygen atoms in total. The summed E-state index contributed by atoms with van der Waals surface area (Å²) in [4.78, 5) is 25.5. The van der Waals surface area contributed by atoms with E-state index < -0.39 is 41.4 Å². The molecule has 3 atom stereocenters. The first kappa shape index (κ1) is 20.7. The molecule has 0 bridgehead atoms. The van der Waals surface area contributed by atoms with Crippen molar-refractivity contribution in [2.24, 2.45) is 5.92 Å². The third-order valence-corrected chi connectivity index (χ3v) is 5.41. The summed E-state index contributed by atoms with van der Waals surface area (Å²) in [6, 6.07) is 13.5. The molecule has 1 aliphatic heterocycles. The number of aliphatic hydroxyl groups is 1. The molecule has 1 fully saturated rings. The van der Waals surface area contributed by atoms with Gasteiger partial charge in [-0.15, -0.1) is 0 Å². The van der Waals surface area contributed by atoms with E-state index in [0.29, 0.717) is 10.8 Å². The predicted octanol–water partition coefficient (Wildman–Crippen LogP) is 3.65. The largest absolute Gasteiger partial charge is 0.508 e. The number of benzene rings is 3. The Hall–Kier alpha value is -3.59. The van der Waals surface area contributed by atoms with E-state index in [-0.39, 0.29) is 11.1 Å². The summed E-state index contributed by atoms with van der Waals surface area (Å²) in [7, 11) is 0. The SMILES string of the molecule is O=C1N[C@H](c2c(O)ccc3ccccc23)[C@H](C(=O)c2ccccc2)[C@@](O)(C(F)(F)F)N1. The number of urea groups is 1. The second-order valence-electron chi connectivity index (χ2n) is 7.27. The number of aromatic hydroxyl groups is 1. The highest BCUT2D eigenvalue weighted by Gasteiger charge is 2.66. The zero-order valence-electron chi connectivity index (χ0n) is 15.9. The first-order valence-electron chi connectivity index (χ1n) is 9.31. The van der Waals surface area contributed by atoms with Crippen LogP contribution in [0.25, 0.3) is 10.8 Å². The molecular weight excluding hydrogens is 413 g/mol. The molecule has 1 aliphatic rings. The van der Waals surface area contributed by atoms with Gasteiger partial charge in [-0.25, -0.2) is 4.79 Å². The zero-order valence-corrected chi connectivity index (χ0v) is 15.9. The maximum atomic E-state index is 14.0. The molecule has 0 spiro atoms. The number of rotatable bonds is 3. The Morgan fingerprint density at radius 1 is 0.968 bits per heavy atom. The normalized spacial score (nSPS) is 23.8. The number of carbonyl (C=O) groups excluding carboxylic acids is 2. The summed E-state index contributed by atoms with van der Waals surface area (Å²) in [6.45, 7) is 0. The van der Waals surface area contributed by atoms with Crippen LogP contribution in [-0.4, -0.2) is 33.9 Å². The van der Waals surface area contributed by atoms with Crippen LogP contribution in [0.4, 0.5) is 18.0 Å². The van der Waals surface area contributed by atoms with Crippen LogP contribution in [0.15, 0.2) is 66.7 Å². The van der Waals surface area contributed by atoms with E-state index in [1.54, 1.807) is 36.4 Å². The number of hydrogen-bond donors (Lipinski definition) is 4. The highest BCUT2D eigenvalue weighted by atomic mass is 19.4. The minimum absolute atomic E-state index is 0.0853. The van der Waals surface area contributed by atoms with Crippen LogP contribution >= 0.6 is 0 Å². The molecule has 4 rings (SSSR count). The Morgan fingerprint density at radius 3 is 2.29 bits per heavy atom. The minimum atomic E-state index is -5.38. The molecule has 0 radical (unpaired) electrons. The van der Waals surface area contributed by atoms with Crippen molar-refractivity contribution in [3.05, 3.63) is 77.9 Å². The number of carbonyl (C=O) groups is 2. The van der Waals surface area contributed by atoms with Gasteiger partial charge in [-0.2, -0.15) is 13.2 Å². The first-order chi connectivity index (χ1) is 14.6. The fourth-order valence-electron chi connectivity index (χ4n) is 3.97. The van der Waals surface area contributed by atoms with Crippen molar-refractivity contribution in [3.8, 4) is 5.75 Å². The van der Waals surface area contributed by atoms with Gasteiger partial charge in [-0.05, 0) is 16.8 Å². The van der Waals surface area contributed by atoms with E-state index in [1.165, 1.54) is 35.6 Å². The summed E-state index contributed by atoms with van der Waals surface area (Å²) >= 11 is 0. The first-order valence-corrected chi connectivity index (χ1v) is 9.31. The molecule has 0 unspecified atom stereocenters. The van der Waals surface area contributed by atoms with Gasteiger partial charge in [0, 0.05) is 11.1 Å². The van der Waals surface area contributed by atoms with Crippen LogP contribution < -0.4 is 10.6 Å². The van der Waals surface area contributed by atoms with E-state index in [2.05, 4.69) is 5.32 Å². The number of ketones is 1. The number of nitrogens with one attached hydrogen (secondary N) is 2. The third-order valence-electron chi connectivity index (χ3n) is 5.41. The van der Waals surface area contributed by atoms with Gasteiger partial charge >= 0.3 is 12.2 Å². The predicted molar refractivity (Wildman–Crippen MR) is 105 cm³/mol. The number of hydrogen-bond acceptors (Lipinski definition) is 4. The second kappa shape index (κ2) is 7.28. The molecule has 3 aromatic rings. The zero-order chi connectivity index (χ0) is 22.4. The molecular formula is C22H17F3N2O4. The number of phenols is 1. The van der Waals surface area contributed by atoms with Crippen molar-refractivity contribution in [2.75, 3.05) is 0 Å². The van der Waals surface area contributed by atoms with Gasteiger partial charge in [-0.3, -0.25) is 4.79 Å². The lowest BCUT2D eigenvalue weighted by Gasteiger charge is -2.45. The number of fused-ring (bicyclic) bond motifs is 1. The lowest BCUT2D eigenvalue weighted by atomic mass is 9.76. The topological polar surface area (TPSA) is 98.7 Å². The molecule has 3 aromatic carbocycles. The molecule has 160 valence electrons. The fraction of sp³-hybridized carbons (Fsp3) is 0.182. The van der Waals surface area contributed by atoms with Crippen molar-refractivity contribution < 1.29 is 33.0 Å². The Balaban J connectivity index is 1.98. The Kier molecular flexibility index (Phi) is 4.85. The van der Waals surface area contributed by atoms with E-state index in [9.17, 15) is 33.0 Å². The van der Waals surface area contributed by atoms with E-state index in [1.807, 2.05) is 0 Å². The summed E-state index contributed by atoms with van der Waals surface area (Å²) in [6.07, 6.45) is -5.38. The van der Waals surface area contributed by atoms with Gasteiger partial charge in [0.25, 0.3) is 0 Å². The van der Waals surface area contributed by atoms with E-state index >= 15 is 0 Å². The van der Waals surface area contributed by atoms with E-state index in [4.69, 9.17) is 0 Å². The average molecular weight is 430 g/mol. The molecule has 1 heterocycles. The maximum Gasteiger partial charge on any atom is 0.437 e. The Morgan fingerprint density at radius 2 is 1.61 bits per heavy atom. The Bertz CT molecular complexity index is 1170. The highest BCUT2D eigenvalue weighted by molar-refractivity contribution is 6.01. The van der Waals surface area contributed by atoms with Crippen LogP contribution in [0.5, 0.6) is 5.75 Å². The van der Waals surface area contributed by atoms with Gasteiger partial charge in [0.2, 0.25) is 5.72 Å². The number of Topliss-reactive ketones (excluding diaryl/α,β-unsaturated/α-hetero) is 1. The van der Waals surface area contributed by atoms with Crippen LogP contribution in [0, 0.1) is 5.92 Å². The number of amides is 2. The van der Waals surface area contributed by atoms with Crippen LogP contribution in [0.2, 0.25) is 0 Å². The van der Waals surface area contributed by atoms with Gasteiger partial charge < -0.3 is 20.8 Å². The smallest absolute Gasteiger partial charge is 0.437 e. The average Bonchev–Trinajstić information content (AvgIpc) is 2.72. The summed E-state index contributed by atoms with van der Waals surface area (Å²) in [5.74, 6) is -3.68. The molecule has 0 aliphatic carbocycles.